The number of aromatic nitrogens is 5. The first kappa shape index (κ1) is 16.1. The smallest absolute Gasteiger partial charge is 0.147 e. The third-order valence-electron chi connectivity index (χ3n) is 4.08. The number of anilines is 2. The van der Waals surface area contributed by atoms with Crippen LogP contribution < -0.4 is 5.32 Å². The van der Waals surface area contributed by atoms with Crippen LogP contribution in [0.25, 0.3) is 10.9 Å². The van der Waals surface area contributed by atoms with Gasteiger partial charge in [0.2, 0.25) is 0 Å². The molecule has 2 aromatic heterocycles. The van der Waals surface area contributed by atoms with Gasteiger partial charge in [-0.2, -0.15) is 5.10 Å². The summed E-state index contributed by atoms with van der Waals surface area (Å²) in [5.74, 6) is 1.88. The molecule has 0 amide bonds. The zero-order valence-corrected chi connectivity index (χ0v) is 14.4. The highest BCUT2D eigenvalue weighted by molar-refractivity contribution is 5.90. The van der Waals surface area contributed by atoms with Crippen LogP contribution in [0.15, 0.2) is 48.8 Å². The van der Waals surface area contributed by atoms with E-state index >= 15 is 0 Å². The van der Waals surface area contributed by atoms with Gasteiger partial charge in [-0.1, -0.05) is 12.1 Å². The first-order valence-corrected chi connectivity index (χ1v) is 8.23. The fraction of sp³-hybridized carbons (Fsp3) is 0.158. The molecule has 7 heteroatoms. The zero-order chi connectivity index (χ0) is 18.1. The lowest BCUT2D eigenvalue weighted by Crippen LogP contribution is -2.04. The Labute approximate surface area is 149 Å². The van der Waals surface area contributed by atoms with E-state index in [9.17, 15) is 4.39 Å². The van der Waals surface area contributed by atoms with E-state index in [-0.39, 0.29) is 5.82 Å². The third-order valence-corrected chi connectivity index (χ3v) is 4.08. The molecular formula is C19H17FN6. The maximum Gasteiger partial charge on any atom is 0.147 e. The van der Waals surface area contributed by atoms with E-state index in [0.29, 0.717) is 23.3 Å². The van der Waals surface area contributed by atoms with Crippen LogP contribution in [0.2, 0.25) is 0 Å². The Morgan fingerprint density at radius 1 is 1.08 bits per heavy atom. The molecule has 0 atom stereocenters. The van der Waals surface area contributed by atoms with Gasteiger partial charge in [0, 0.05) is 11.1 Å². The maximum atomic E-state index is 13.6. The quantitative estimate of drug-likeness (QED) is 0.608. The summed E-state index contributed by atoms with van der Waals surface area (Å²) in [7, 11) is 0. The zero-order valence-electron chi connectivity index (χ0n) is 14.4. The van der Waals surface area contributed by atoms with Crippen LogP contribution in [0.3, 0.4) is 0 Å². The number of fused-ring (bicyclic) bond motifs is 1. The Morgan fingerprint density at radius 2 is 1.96 bits per heavy atom. The molecular weight excluding hydrogens is 331 g/mol. The molecule has 130 valence electrons. The van der Waals surface area contributed by atoms with Gasteiger partial charge in [0.05, 0.1) is 12.1 Å². The fourth-order valence-corrected chi connectivity index (χ4v) is 2.90. The minimum Gasteiger partial charge on any atom is -0.340 e. The minimum atomic E-state index is -0.318. The Kier molecular flexibility index (Phi) is 4.04. The summed E-state index contributed by atoms with van der Waals surface area (Å²) in [6, 6.07) is 12.4. The average Bonchev–Trinajstić information content (AvgIpc) is 2.93. The lowest BCUT2D eigenvalue weighted by molar-refractivity contribution is 0.629. The summed E-state index contributed by atoms with van der Waals surface area (Å²) in [5.41, 5.74) is 2.63. The Morgan fingerprint density at radius 3 is 2.77 bits per heavy atom. The molecule has 0 aliphatic carbocycles. The number of aryl methyl sites for hydroxylation is 2. The van der Waals surface area contributed by atoms with Crippen LogP contribution in [0, 0.1) is 19.7 Å². The lowest BCUT2D eigenvalue weighted by atomic mass is 10.2. The van der Waals surface area contributed by atoms with Crippen LogP contribution in [-0.2, 0) is 6.54 Å². The van der Waals surface area contributed by atoms with Crippen LogP contribution in [0.5, 0.6) is 0 Å². The van der Waals surface area contributed by atoms with Crippen molar-refractivity contribution < 1.29 is 4.39 Å². The number of nitrogens with zero attached hydrogens (tertiary/aromatic N) is 5. The van der Waals surface area contributed by atoms with Gasteiger partial charge in [-0.3, -0.25) is 0 Å². The van der Waals surface area contributed by atoms with Crippen LogP contribution in [0.4, 0.5) is 15.9 Å². The average molecular weight is 348 g/mol. The summed E-state index contributed by atoms with van der Waals surface area (Å²) in [4.78, 5) is 12.8. The van der Waals surface area contributed by atoms with Gasteiger partial charge >= 0.3 is 0 Å². The highest BCUT2D eigenvalue weighted by atomic mass is 19.1. The van der Waals surface area contributed by atoms with Crippen molar-refractivity contribution >= 4 is 22.4 Å². The third kappa shape index (κ3) is 3.23. The number of hydrogen-bond donors (Lipinski definition) is 1. The van der Waals surface area contributed by atoms with E-state index < -0.39 is 0 Å². The highest BCUT2D eigenvalue weighted by Gasteiger charge is 2.07. The first-order valence-electron chi connectivity index (χ1n) is 8.23. The van der Waals surface area contributed by atoms with Crippen molar-refractivity contribution in [2.75, 3.05) is 5.32 Å². The Bertz CT molecular complexity index is 1090. The second kappa shape index (κ2) is 6.51. The molecule has 0 saturated carbocycles. The number of benzene rings is 2. The van der Waals surface area contributed by atoms with E-state index in [1.165, 1.54) is 18.5 Å². The van der Waals surface area contributed by atoms with Gasteiger partial charge < -0.3 is 5.32 Å². The summed E-state index contributed by atoms with van der Waals surface area (Å²) >= 11 is 0. The molecule has 0 saturated heterocycles. The van der Waals surface area contributed by atoms with Crippen molar-refractivity contribution in [3.05, 3.63) is 71.8 Å². The predicted molar refractivity (Wildman–Crippen MR) is 97.8 cm³/mol. The van der Waals surface area contributed by atoms with E-state index in [0.717, 1.165) is 22.9 Å². The van der Waals surface area contributed by atoms with E-state index in [4.69, 9.17) is 0 Å². The molecule has 0 aliphatic heterocycles. The number of rotatable bonds is 4. The Balaban J connectivity index is 1.63. The van der Waals surface area contributed by atoms with Crippen molar-refractivity contribution in [1.82, 2.24) is 24.7 Å². The molecule has 0 aliphatic rings. The SMILES string of the molecule is Cc1nc(C)n(Cc2cccc(Nc3ncnc4ccc(F)cc34)c2)n1. The molecule has 0 spiro atoms. The van der Waals surface area contributed by atoms with Crippen molar-refractivity contribution in [3.8, 4) is 0 Å². The molecule has 6 nitrogen and oxygen atoms in total. The molecule has 0 fully saturated rings. The number of nitrogens with one attached hydrogen (secondary N) is 1. The monoisotopic (exact) mass is 348 g/mol. The normalized spacial score (nSPS) is 11.0. The molecule has 0 unspecified atom stereocenters. The van der Waals surface area contributed by atoms with Gasteiger partial charge in [0.1, 0.15) is 29.6 Å². The molecule has 4 rings (SSSR count). The lowest BCUT2D eigenvalue weighted by Gasteiger charge is -2.10. The first-order chi connectivity index (χ1) is 12.6. The standard InChI is InChI=1S/C19H17FN6/c1-12-23-13(2)26(25-12)10-14-4-3-5-16(8-14)24-19-17-9-15(20)6-7-18(17)21-11-22-19/h3-9,11H,10H2,1-2H3,(H,21,22,24). The Hall–Kier alpha value is -3.35. The number of halogens is 1. The molecule has 26 heavy (non-hydrogen) atoms. The summed E-state index contributed by atoms with van der Waals surface area (Å²) < 4.78 is 15.5. The van der Waals surface area contributed by atoms with E-state index in [2.05, 4.69) is 25.4 Å². The topological polar surface area (TPSA) is 68.5 Å². The van der Waals surface area contributed by atoms with Crippen molar-refractivity contribution in [3.63, 3.8) is 0 Å². The second-order valence-electron chi connectivity index (χ2n) is 6.07. The molecule has 2 aromatic carbocycles. The van der Waals surface area contributed by atoms with Crippen molar-refractivity contribution in [1.29, 1.82) is 0 Å². The van der Waals surface area contributed by atoms with Gasteiger partial charge in [0.15, 0.2) is 0 Å². The molecule has 1 N–H and O–H groups in total. The fourth-order valence-electron chi connectivity index (χ4n) is 2.90. The van der Waals surface area contributed by atoms with E-state index in [1.54, 1.807) is 6.07 Å². The van der Waals surface area contributed by atoms with Crippen molar-refractivity contribution in [2.45, 2.75) is 20.4 Å². The van der Waals surface area contributed by atoms with E-state index in [1.807, 2.05) is 42.8 Å². The number of hydrogen-bond acceptors (Lipinski definition) is 5. The van der Waals surface area contributed by atoms with Crippen LogP contribution in [-0.4, -0.2) is 24.7 Å². The predicted octanol–water partition coefficient (Wildman–Crippen LogP) is 3.77. The molecule has 4 aromatic rings. The summed E-state index contributed by atoms with van der Waals surface area (Å²) in [5, 5.41) is 8.29. The van der Waals surface area contributed by atoms with Gasteiger partial charge in [-0.05, 0) is 49.7 Å². The van der Waals surface area contributed by atoms with Gasteiger partial charge in [-0.15, -0.1) is 0 Å². The largest absolute Gasteiger partial charge is 0.340 e. The molecule has 0 bridgehead atoms. The summed E-state index contributed by atoms with van der Waals surface area (Å²) in [6.45, 7) is 4.44. The maximum absolute atomic E-state index is 13.6. The summed E-state index contributed by atoms with van der Waals surface area (Å²) in [6.07, 6.45) is 1.47. The second-order valence-corrected chi connectivity index (χ2v) is 6.07. The van der Waals surface area contributed by atoms with Crippen LogP contribution in [0.1, 0.15) is 17.2 Å². The van der Waals surface area contributed by atoms with Gasteiger partial charge in [-0.25, -0.2) is 24.0 Å². The molecule has 2 heterocycles. The minimum absolute atomic E-state index is 0.318. The van der Waals surface area contributed by atoms with Crippen LogP contribution >= 0.6 is 0 Å². The van der Waals surface area contributed by atoms with Crippen molar-refractivity contribution in [2.24, 2.45) is 0 Å². The highest BCUT2D eigenvalue weighted by Crippen LogP contribution is 2.24. The molecule has 0 radical (unpaired) electrons. The van der Waals surface area contributed by atoms with Gasteiger partial charge in [0.25, 0.3) is 0 Å².